The third kappa shape index (κ3) is 13.8. The van der Waals surface area contributed by atoms with Gasteiger partial charge in [-0.15, -0.1) is 0 Å². The monoisotopic (exact) mass is 316 g/mol. The summed E-state index contributed by atoms with van der Waals surface area (Å²) >= 11 is 0. The van der Waals surface area contributed by atoms with Gasteiger partial charge in [-0.3, -0.25) is 15.4 Å². The average molecular weight is 316 g/mol. The SMILES string of the molecule is COC(=O)CCCCCCN(N)CCCCCCC(=O)OC. The highest BCUT2D eigenvalue weighted by atomic mass is 16.5. The fraction of sp³-hybridized carbons (Fsp3) is 0.875. The lowest BCUT2D eigenvalue weighted by Crippen LogP contribution is -2.32. The zero-order valence-corrected chi connectivity index (χ0v) is 14.1. The van der Waals surface area contributed by atoms with Crippen molar-refractivity contribution < 1.29 is 19.1 Å². The van der Waals surface area contributed by atoms with E-state index < -0.39 is 0 Å². The third-order valence-corrected chi connectivity index (χ3v) is 3.61. The molecule has 0 aromatic rings. The molecular formula is C16H32N2O4. The van der Waals surface area contributed by atoms with Gasteiger partial charge in [-0.25, -0.2) is 5.01 Å². The normalized spacial score (nSPS) is 10.7. The van der Waals surface area contributed by atoms with Gasteiger partial charge < -0.3 is 9.47 Å². The van der Waals surface area contributed by atoms with Crippen LogP contribution in [0, 0.1) is 0 Å². The molecule has 0 aliphatic heterocycles. The van der Waals surface area contributed by atoms with Crippen LogP contribution in [0.15, 0.2) is 0 Å². The number of esters is 2. The van der Waals surface area contributed by atoms with Gasteiger partial charge in [0.2, 0.25) is 0 Å². The molecule has 0 bridgehead atoms. The van der Waals surface area contributed by atoms with E-state index in [2.05, 4.69) is 9.47 Å². The molecule has 0 spiro atoms. The van der Waals surface area contributed by atoms with Crippen LogP contribution in [0.5, 0.6) is 0 Å². The maximum atomic E-state index is 10.9. The van der Waals surface area contributed by atoms with Crippen molar-refractivity contribution in [2.45, 2.75) is 64.2 Å². The van der Waals surface area contributed by atoms with E-state index in [-0.39, 0.29) is 11.9 Å². The molecule has 0 aliphatic carbocycles. The predicted molar refractivity (Wildman–Crippen MR) is 86.0 cm³/mol. The first-order valence-corrected chi connectivity index (χ1v) is 8.23. The lowest BCUT2D eigenvalue weighted by molar-refractivity contribution is -0.141. The Morgan fingerprint density at radius 3 is 1.45 bits per heavy atom. The zero-order chi connectivity index (χ0) is 16.6. The Bertz CT molecular complexity index is 270. The van der Waals surface area contributed by atoms with Crippen LogP contribution in [0.3, 0.4) is 0 Å². The van der Waals surface area contributed by atoms with Gasteiger partial charge in [0.1, 0.15) is 0 Å². The van der Waals surface area contributed by atoms with E-state index in [0.29, 0.717) is 12.8 Å². The first-order chi connectivity index (χ1) is 10.6. The number of ether oxygens (including phenoxy) is 2. The maximum absolute atomic E-state index is 10.9. The van der Waals surface area contributed by atoms with Gasteiger partial charge >= 0.3 is 11.9 Å². The highest BCUT2D eigenvalue weighted by molar-refractivity contribution is 5.69. The van der Waals surface area contributed by atoms with Crippen LogP contribution in [0.2, 0.25) is 0 Å². The summed E-state index contributed by atoms with van der Waals surface area (Å²) in [4.78, 5) is 21.8. The van der Waals surface area contributed by atoms with Crippen molar-refractivity contribution in [3.63, 3.8) is 0 Å². The molecule has 6 heteroatoms. The summed E-state index contributed by atoms with van der Waals surface area (Å²) < 4.78 is 9.19. The molecule has 0 saturated heterocycles. The van der Waals surface area contributed by atoms with Gasteiger partial charge in [0, 0.05) is 25.9 Å². The molecule has 0 fully saturated rings. The molecule has 0 aromatic heterocycles. The van der Waals surface area contributed by atoms with E-state index in [9.17, 15) is 9.59 Å². The van der Waals surface area contributed by atoms with Crippen LogP contribution < -0.4 is 5.84 Å². The Balaban J connectivity index is 3.27. The summed E-state index contributed by atoms with van der Waals surface area (Å²) in [5.41, 5.74) is 0. The molecule has 0 aromatic carbocycles. The molecule has 2 N–H and O–H groups in total. The molecule has 0 aliphatic rings. The van der Waals surface area contributed by atoms with Crippen molar-refractivity contribution in [1.82, 2.24) is 5.01 Å². The summed E-state index contributed by atoms with van der Waals surface area (Å²) in [5, 5.41) is 1.86. The van der Waals surface area contributed by atoms with Gasteiger partial charge in [0.25, 0.3) is 0 Å². The van der Waals surface area contributed by atoms with Crippen molar-refractivity contribution in [3.05, 3.63) is 0 Å². The molecule has 0 heterocycles. The van der Waals surface area contributed by atoms with Crippen LogP contribution in [0.25, 0.3) is 0 Å². The summed E-state index contributed by atoms with van der Waals surface area (Å²) in [5.74, 6) is 5.66. The second-order valence-corrected chi connectivity index (χ2v) is 5.52. The number of hydrogen-bond donors (Lipinski definition) is 1. The molecule has 6 nitrogen and oxygen atoms in total. The number of nitrogens with two attached hydrogens (primary N) is 1. The third-order valence-electron chi connectivity index (χ3n) is 3.61. The molecule has 0 unspecified atom stereocenters. The summed E-state index contributed by atoms with van der Waals surface area (Å²) in [7, 11) is 2.84. The number of carbonyl (C=O) groups is 2. The number of hydrazine groups is 1. The first-order valence-electron chi connectivity index (χ1n) is 8.23. The van der Waals surface area contributed by atoms with Crippen molar-refractivity contribution in [2.75, 3.05) is 27.3 Å². The highest BCUT2D eigenvalue weighted by Gasteiger charge is 2.02. The quantitative estimate of drug-likeness (QED) is 0.229. The highest BCUT2D eigenvalue weighted by Crippen LogP contribution is 2.06. The van der Waals surface area contributed by atoms with Gasteiger partial charge in [0.05, 0.1) is 14.2 Å². The second kappa shape index (κ2) is 14.8. The predicted octanol–water partition coefficient (Wildman–Crippen LogP) is 2.41. The smallest absolute Gasteiger partial charge is 0.305 e. The van der Waals surface area contributed by atoms with Gasteiger partial charge in [-0.1, -0.05) is 25.7 Å². The minimum atomic E-state index is -0.132. The molecular weight excluding hydrogens is 284 g/mol. The molecule has 0 atom stereocenters. The number of rotatable bonds is 14. The molecule has 130 valence electrons. The van der Waals surface area contributed by atoms with E-state index in [0.717, 1.165) is 64.5 Å². The molecule has 22 heavy (non-hydrogen) atoms. The standard InChI is InChI=1S/C16H32N2O4/c1-21-15(19)11-7-3-5-9-13-18(17)14-10-6-4-8-12-16(20)22-2/h3-14,17H2,1-2H3. The Hall–Kier alpha value is -1.14. The molecule has 0 radical (unpaired) electrons. The van der Waals surface area contributed by atoms with Crippen molar-refractivity contribution >= 4 is 11.9 Å². The Morgan fingerprint density at radius 2 is 1.09 bits per heavy atom. The molecule has 0 amide bonds. The average Bonchev–Trinajstić information content (AvgIpc) is 2.53. The lowest BCUT2D eigenvalue weighted by atomic mass is 10.1. The first kappa shape index (κ1) is 20.9. The topological polar surface area (TPSA) is 81.9 Å². The lowest BCUT2D eigenvalue weighted by Gasteiger charge is -2.15. The van der Waals surface area contributed by atoms with Crippen LogP contribution >= 0.6 is 0 Å². The van der Waals surface area contributed by atoms with Crippen molar-refractivity contribution in [2.24, 2.45) is 5.84 Å². The number of nitrogens with zero attached hydrogens (tertiary/aromatic N) is 1. The van der Waals surface area contributed by atoms with Crippen LogP contribution in [-0.2, 0) is 19.1 Å². The Morgan fingerprint density at radius 1 is 0.727 bits per heavy atom. The fourth-order valence-corrected chi connectivity index (χ4v) is 2.19. The molecule has 0 saturated carbocycles. The van der Waals surface area contributed by atoms with E-state index in [4.69, 9.17) is 5.84 Å². The summed E-state index contributed by atoms with van der Waals surface area (Å²) in [6.07, 6.45) is 9.15. The van der Waals surface area contributed by atoms with Gasteiger partial charge in [-0.05, 0) is 25.7 Å². The number of unbranched alkanes of at least 4 members (excludes halogenated alkanes) is 6. The fourth-order valence-electron chi connectivity index (χ4n) is 2.19. The number of hydrogen-bond acceptors (Lipinski definition) is 6. The minimum Gasteiger partial charge on any atom is -0.469 e. The number of carbonyl (C=O) groups excluding carboxylic acids is 2. The van der Waals surface area contributed by atoms with Crippen molar-refractivity contribution in [1.29, 1.82) is 0 Å². The van der Waals surface area contributed by atoms with Crippen LogP contribution in [0.4, 0.5) is 0 Å². The molecule has 0 rings (SSSR count). The van der Waals surface area contributed by atoms with E-state index in [1.54, 1.807) is 0 Å². The van der Waals surface area contributed by atoms with E-state index in [1.165, 1.54) is 14.2 Å². The maximum Gasteiger partial charge on any atom is 0.305 e. The second-order valence-electron chi connectivity index (χ2n) is 5.52. The minimum absolute atomic E-state index is 0.132. The van der Waals surface area contributed by atoms with Crippen LogP contribution in [-0.4, -0.2) is 44.3 Å². The van der Waals surface area contributed by atoms with Crippen LogP contribution in [0.1, 0.15) is 64.2 Å². The van der Waals surface area contributed by atoms with E-state index >= 15 is 0 Å². The van der Waals surface area contributed by atoms with E-state index in [1.807, 2.05) is 5.01 Å². The van der Waals surface area contributed by atoms with Gasteiger partial charge in [-0.2, -0.15) is 0 Å². The van der Waals surface area contributed by atoms with Crippen molar-refractivity contribution in [3.8, 4) is 0 Å². The number of methoxy groups -OCH3 is 2. The zero-order valence-electron chi connectivity index (χ0n) is 14.1. The summed E-state index contributed by atoms with van der Waals surface area (Å²) in [6, 6.07) is 0. The Labute approximate surface area is 134 Å². The van der Waals surface area contributed by atoms with Gasteiger partial charge in [0.15, 0.2) is 0 Å². The largest absolute Gasteiger partial charge is 0.469 e. The summed E-state index contributed by atoms with van der Waals surface area (Å²) in [6.45, 7) is 1.78. The Kier molecular flexibility index (Phi) is 14.0.